The van der Waals surface area contributed by atoms with E-state index in [0.29, 0.717) is 0 Å². The number of aromatic nitrogens is 2. The Morgan fingerprint density at radius 2 is 0.902 bits per heavy atom. The Kier molecular flexibility index (Phi) is 8.03. The molecule has 0 atom stereocenters. The van der Waals surface area contributed by atoms with Crippen molar-refractivity contribution in [3.63, 3.8) is 0 Å². The Labute approximate surface area is 254 Å². The average Bonchev–Trinajstić information content (AvgIpc) is 2.92. The molecule has 3 heteroatoms. The first kappa shape index (κ1) is 29.0. The predicted molar refractivity (Wildman–Crippen MR) is 177 cm³/mol. The van der Waals surface area contributed by atoms with Crippen molar-refractivity contribution < 1.29 is 0 Å². The van der Waals surface area contributed by atoms with Gasteiger partial charge in [0, 0.05) is 46.3 Å². The van der Waals surface area contributed by atoms with E-state index in [1.807, 2.05) is 36.9 Å². The summed E-state index contributed by atoms with van der Waals surface area (Å²) in [7, 11) is 0. The van der Waals surface area contributed by atoms with E-state index < -0.39 is 0 Å². The van der Waals surface area contributed by atoms with Gasteiger partial charge >= 0.3 is 0 Å². The molecular weight excluding hydrogens is 564 g/mol. The highest BCUT2D eigenvalue weighted by Gasteiger charge is 2.30. The van der Waals surface area contributed by atoms with Gasteiger partial charge in [0.25, 0.3) is 0 Å². The topological polar surface area (TPSA) is 25.8 Å². The maximum absolute atomic E-state index is 4.48. The summed E-state index contributed by atoms with van der Waals surface area (Å²) in [6.07, 6.45) is 7.68. The molecule has 0 bridgehead atoms. The molecule has 2 heterocycles. The van der Waals surface area contributed by atoms with Crippen LogP contribution in [0.5, 0.6) is 0 Å². The van der Waals surface area contributed by atoms with Crippen LogP contribution in [0.4, 0.5) is 0 Å². The number of halogens is 1. The second-order valence-corrected chi connectivity index (χ2v) is 12.4. The molecule has 2 nitrogen and oxygen atoms in total. The monoisotopic (exact) mass is 602 g/mol. The zero-order valence-electron chi connectivity index (χ0n) is 25.7. The SMILES string of the molecule is Cc1cc(C)c(C(c2c(C)cc(C)c(-c3cccnc3)c2C)c2c(C)cc(C)c(-c3cccnc3)c2C)c(C)c1Br. The molecule has 2 aromatic heterocycles. The molecule has 0 N–H and O–H groups in total. The molecule has 0 amide bonds. The molecule has 0 aliphatic rings. The summed E-state index contributed by atoms with van der Waals surface area (Å²) in [5.41, 5.74) is 20.7. The minimum Gasteiger partial charge on any atom is -0.264 e. The number of hydrogen-bond donors (Lipinski definition) is 0. The summed E-state index contributed by atoms with van der Waals surface area (Å²) < 4.78 is 1.19. The van der Waals surface area contributed by atoms with Crippen LogP contribution in [0.15, 0.2) is 71.7 Å². The molecule has 0 spiro atoms. The van der Waals surface area contributed by atoms with Gasteiger partial charge in [-0.3, -0.25) is 9.97 Å². The third-order valence-corrected chi connectivity index (χ3v) is 9.99. The summed E-state index contributed by atoms with van der Waals surface area (Å²) in [4.78, 5) is 8.95. The first-order chi connectivity index (χ1) is 19.5. The fourth-order valence-electron chi connectivity index (χ4n) is 7.25. The molecule has 0 aliphatic carbocycles. The zero-order chi connectivity index (χ0) is 29.6. The van der Waals surface area contributed by atoms with E-state index in [1.165, 1.54) is 82.4 Å². The van der Waals surface area contributed by atoms with Crippen molar-refractivity contribution in [3.8, 4) is 22.3 Å². The first-order valence-electron chi connectivity index (χ1n) is 14.3. The lowest BCUT2D eigenvalue weighted by Crippen LogP contribution is -2.16. The Bertz CT molecular complexity index is 1670. The summed E-state index contributed by atoms with van der Waals surface area (Å²) in [5, 5.41) is 0. The molecule has 41 heavy (non-hydrogen) atoms. The summed E-state index contributed by atoms with van der Waals surface area (Å²) in [6, 6.07) is 15.5. The van der Waals surface area contributed by atoms with Gasteiger partial charge in [-0.15, -0.1) is 0 Å². The number of pyridine rings is 2. The van der Waals surface area contributed by atoms with Crippen LogP contribution >= 0.6 is 15.9 Å². The van der Waals surface area contributed by atoms with Gasteiger partial charge in [-0.25, -0.2) is 0 Å². The van der Waals surface area contributed by atoms with Crippen LogP contribution in [0, 0.1) is 62.3 Å². The zero-order valence-corrected chi connectivity index (χ0v) is 27.3. The van der Waals surface area contributed by atoms with E-state index in [0.717, 1.165) is 11.1 Å². The van der Waals surface area contributed by atoms with Crippen molar-refractivity contribution in [1.82, 2.24) is 9.97 Å². The van der Waals surface area contributed by atoms with Gasteiger partial charge in [0.1, 0.15) is 0 Å². The smallest absolute Gasteiger partial charge is 0.0356 e. The Morgan fingerprint density at radius 1 is 0.512 bits per heavy atom. The largest absolute Gasteiger partial charge is 0.264 e. The number of hydrogen-bond acceptors (Lipinski definition) is 2. The molecule has 0 saturated carbocycles. The van der Waals surface area contributed by atoms with Crippen molar-refractivity contribution in [1.29, 1.82) is 0 Å². The van der Waals surface area contributed by atoms with Crippen LogP contribution in [0.1, 0.15) is 72.7 Å². The molecule has 3 aromatic carbocycles. The fourth-order valence-corrected chi connectivity index (χ4v) is 7.58. The summed E-state index contributed by atoms with van der Waals surface area (Å²) in [6.45, 7) is 20.4. The second-order valence-electron chi connectivity index (χ2n) is 11.6. The fraction of sp³-hybridized carbons (Fsp3) is 0.263. The highest BCUT2D eigenvalue weighted by molar-refractivity contribution is 9.10. The lowest BCUT2D eigenvalue weighted by Gasteiger charge is -2.32. The molecule has 0 saturated heterocycles. The maximum atomic E-state index is 4.48. The minimum atomic E-state index is 0.0546. The normalized spacial score (nSPS) is 11.4. The molecule has 0 aliphatic heterocycles. The van der Waals surface area contributed by atoms with Gasteiger partial charge in [-0.2, -0.15) is 0 Å². The van der Waals surface area contributed by atoms with Gasteiger partial charge in [-0.05, 0) is 152 Å². The molecule has 0 radical (unpaired) electrons. The Morgan fingerprint density at radius 3 is 1.29 bits per heavy atom. The first-order valence-corrected chi connectivity index (χ1v) is 15.1. The Hall–Kier alpha value is -3.56. The molecule has 5 aromatic rings. The molecule has 0 unspecified atom stereocenters. The van der Waals surface area contributed by atoms with Crippen molar-refractivity contribution in [2.24, 2.45) is 0 Å². The minimum absolute atomic E-state index is 0.0546. The van der Waals surface area contributed by atoms with Gasteiger partial charge < -0.3 is 0 Å². The highest BCUT2D eigenvalue weighted by Crippen LogP contribution is 2.47. The lowest BCUT2D eigenvalue weighted by molar-refractivity contribution is 0.897. The van der Waals surface area contributed by atoms with Crippen LogP contribution < -0.4 is 0 Å². The average molecular weight is 604 g/mol. The quantitative estimate of drug-likeness (QED) is 0.187. The molecule has 0 fully saturated rings. The van der Waals surface area contributed by atoms with Crippen molar-refractivity contribution in [2.45, 2.75) is 68.2 Å². The summed E-state index contributed by atoms with van der Waals surface area (Å²) >= 11 is 3.96. The number of rotatable bonds is 5. The third-order valence-electron chi connectivity index (χ3n) is 8.77. The standard InChI is InChI=1S/C38H39BrN2/c1-21-16-23(3)34(27(7)32(21)30-12-10-14-40-19-30)37(36-25(5)18-26(6)38(39)29(36)9)35-24(4)17-22(2)33(28(35)8)31-13-11-15-41-20-31/h10-20,37H,1-9H3. The number of benzene rings is 3. The predicted octanol–water partition coefficient (Wildman–Crippen LogP) is 10.5. The van der Waals surface area contributed by atoms with E-state index in [9.17, 15) is 0 Å². The maximum Gasteiger partial charge on any atom is 0.0356 e. The summed E-state index contributed by atoms with van der Waals surface area (Å²) in [5.74, 6) is 0.0546. The molecular formula is C38H39BrN2. The highest BCUT2D eigenvalue weighted by atomic mass is 79.9. The molecule has 5 rings (SSSR count). The van der Waals surface area contributed by atoms with Gasteiger partial charge in [0.05, 0.1) is 0 Å². The van der Waals surface area contributed by atoms with E-state index in [4.69, 9.17) is 0 Å². The van der Waals surface area contributed by atoms with Crippen LogP contribution in [0.25, 0.3) is 22.3 Å². The van der Waals surface area contributed by atoms with Crippen molar-refractivity contribution in [2.75, 3.05) is 0 Å². The number of aryl methyl sites for hydroxylation is 6. The van der Waals surface area contributed by atoms with Gasteiger partial charge in [-0.1, -0.05) is 46.3 Å². The van der Waals surface area contributed by atoms with Crippen LogP contribution in [0.2, 0.25) is 0 Å². The number of nitrogens with zero attached hydrogens (tertiary/aromatic N) is 2. The second kappa shape index (κ2) is 11.4. The van der Waals surface area contributed by atoms with Crippen LogP contribution in [-0.2, 0) is 0 Å². The van der Waals surface area contributed by atoms with E-state index in [1.54, 1.807) is 0 Å². The van der Waals surface area contributed by atoms with Gasteiger partial charge in [0.2, 0.25) is 0 Å². The van der Waals surface area contributed by atoms with E-state index in [-0.39, 0.29) is 5.92 Å². The molecule has 208 valence electrons. The van der Waals surface area contributed by atoms with E-state index >= 15 is 0 Å². The Balaban J connectivity index is 1.95. The van der Waals surface area contributed by atoms with Crippen LogP contribution in [0.3, 0.4) is 0 Å². The van der Waals surface area contributed by atoms with Gasteiger partial charge in [0.15, 0.2) is 0 Å². The van der Waals surface area contributed by atoms with Crippen molar-refractivity contribution >= 4 is 15.9 Å². The van der Waals surface area contributed by atoms with E-state index in [2.05, 4.69) is 119 Å². The van der Waals surface area contributed by atoms with Crippen LogP contribution in [-0.4, -0.2) is 9.97 Å². The third kappa shape index (κ3) is 5.06. The van der Waals surface area contributed by atoms with Crippen molar-refractivity contribution in [3.05, 3.63) is 138 Å². The lowest BCUT2D eigenvalue weighted by atomic mass is 9.72.